The van der Waals surface area contributed by atoms with Crippen LogP contribution in [0.25, 0.3) is 0 Å². The van der Waals surface area contributed by atoms with Crippen LogP contribution in [0.15, 0.2) is 47.1 Å². The Kier molecular flexibility index (Phi) is 5.97. The van der Waals surface area contributed by atoms with Crippen molar-refractivity contribution in [2.75, 3.05) is 6.61 Å². The molecule has 5 nitrogen and oxygen atoms in total. The van der Waals surface area contributed by atoms with Gasteiger partial charge < -0.3 is 14.5 Å². The molecule has 23 heavy (non-hydrogen) atoms. The highest BCUT2D eigenvalue weighted by molar-refractivity contribution is 5.98. The van der Waals surface area contributed by atoms with Gasteiger partial charge in [-0.1, -0.05) is 0 Å². The lowest BCUT2D eigenvalue weighted by molar-refractivity contribution is -0.121. The third-order valence-corrected chi connectivity index (χ3v) is 3.41. The van der Waals surface area contributed by atoms with Gasteiger partial charge in [0, 0.05) is 18.4 Å². The molecule has 122 valence electrons. The lowest BCUT2D eigenvalue weighted by atomic mass is 10.1. The molecule has 1 N–H and O–H groups in total. The van der Waals surface area contributed by atoms with Crippen LogP contribution in [0.3, 0.4) is 0 Å². The second-order valence-corrected chi connectivity index (χ2v) is 5.19. The molecule has 0 spiro atoms. The standard InChI is InChI=1S/C18H21NO4/c1-3-22-15-8-6-14(7-9-15)16(20)10-11-18(21)19-13(2)17-5-4-12-23-17/h4-9,12-13H,3,10-11H2,1-2H3,(H,19,21)/t13-/m1/s1. The second-order valence-electron chi connectivity index (χ2n) is 5.19. The van der Waals surface area contributed by atoms with E-state index in [1.165, 1.54) is 0 Å². The summed E-state index contributed by atoms with van der Waals surface area (Å²) in [6.45, 7) is 4.33. The highest BCUT2D eigenvalue weighted by Gasteiger charge is 2.14. The fraction of sp³-hybridized carbons (Fsp3) is 0.333. The molecule has 5 heteroatoms. The van der Waals surface area contributed by atoms with Crippen molar-refractivity contribution in [3.05, 3.63) is 54.0 Å². The molecule has 0 saturated carbocycles. The molecule has 1 atom stereocenters. The molecule has 0 unspecified atom stereocenters. The number of Topliss-reactive ketones (excluding diaryl/α,β-unsaturated/α-hetero) is 1. The molecule has 0 saturated heterocycles. The summed E-state index contributed by atoms with van der Waals surface area (Å²) in [4.78, 5) is 24.0. The van der Waals surface area contributed by atoms with E-state index in [0.29, 0.717) is 17.9 Å². The van der Waals surface area contributed by atoms with E-state index in [1.807, 2.05) is 13.8 Å². The van der Waals surface area contributed by atoms with E-state index >= 15 is 0 Å². The summed E-state index contributed by atoms with van der Waals surface area (Å²) in [5.74, 6) is 1.19. The molecule has 0 aliphatic heterocycles. The molecule has 0 fully saturated rings. The van der Waals surface area contributed by atoms with Gasteiger partial charge in [-0.25, -0.2) is 0 Å². The number of hydrogen-bond donors (Lipinski definition) is 1. The van der Waals surface area contributed by atoms with Gasteiger partial charge >= 0.3 is 0 Å². The highest BCUT2D eigenvalue weighted by atomic mass is 16.5. The van der Waals surface area contributed by atoms with Crippen LogP contribution in [0, 0.1) is 0 Å². The van der Waals surface area contributed by atoms with Crippen LogP contribution in [-0.2, 0) is 4.79 Å². The minimum atomic E-state index is -0.210. The second kappa shape index (κ2) is 8.17. The summed E-state index contributed by atoms with van der Waals surface area (Å²) in [5, 5.41) is 2.81. The quantitative estimate of drug-likeness (QED) is 0.757. The molecular weight excluding hydrogens is 294 g/mol. The van der Waals surface area contributed by atoms with Crippen molar-refractivity contribution >= 4 is 11.7 Å². The maximum Gasteiger partial charge on any atom is 0.221 e. The number of rotatable bonds is 8. The van der Waals surface area contributed by atoms with Crippen molar-refractivity contribution in [2.24, 2.45) is 0 Å². The Morgan fingerprint density at radius 1 is 1.17 bits per heavy atom. The zero-order valence-electron chi connectivity index (χ0n) is 13.4. The molecule has 1 amide bonds. The molecule has 0 radical (unpaired) electrons. The van der Waals surface area contributed by atoms with Crippen LogP contribution in [0.4, 0.5) is 0 Å². The Balaban J connectivity index is 1.80. The molecule has 1 heterocycles. The van der Waals surface area contributed by atoms with Crippen molar-refractivity contribution in [3.63, 3.8) is 0 Å². The average molecular weight is 315 g/mol. The van der Waals surface area contributed by atoms with Crippen LogP contribution in [0.5, 0.6) is 5.75 Å². The Bertz CT molecular complexity index is 632. The van der Waals surface area contributed by atoms with Crippen LogP contribution in [-0.4, -0.2) is 18.3 Å². The summed E-state index contributed by atoms with van der Waals surface area (Å²) < 4.78 is 10.6. The van der Waals surface area contributed by atoms with Crippen molar-refractivity contribution in [1.82, 2.24) is 5.32 Å². The first kappa shape index (κ1) is 16.8. The van der Waals surface area contributed by atoms with Gasteiger partial charge in [-0.3, -0.25) is 9.59 Å². The number of carbonyl (C=O) groups excluding carboxylic acids is 2. The summed E-state index contributed by atoms with van der Waals surface area (Å²) in [5.41, 5.74) is 0.584. The summed E-state index contributed by atoms with van der Waals surface area (Å²) in [6, 6.07) is 10.3. The zero-order chi connectivity index (χ0) is 16.7. The van der Waals surface area contributed by atoms with E-state index in [2.05, 4.69) is 5.32 Å². The fourth-order valence-electron chi connectivity index (χ4n) is 2.20. The van der Waals surface area contributed by atoms with Gasteiger partial charge in [0.15, 0.2) is 5.78 Å². The van der Waals surface area contributed by atoms with E-state index in [4.69, 9.17) is 9.15 Å². The Morgan fingerprint density at radius 3 is 2.52 bits per heavy atom. The van der Waals surface area contributed by atoms with Crippen molar-refractivity contribution in [1.29, 1.82) is 0 Å². The van der Waals surface area contributed by atoms with Gasteiger partial charge in [0.2, 0.25) is 5.91 Å². The normalized spacial score (nSPS) is 11.7. The largest absolute Gasteiger partial charge is 0.494 e. The first-order chi connectivity index (χ1) is 11.1. The third kappa shape index (κ3) is 4.98. The minimum Gasteiger partial charge on any atom is -0.494 e. The zero-order valence-corrected chi connectivity index (χ0v) is 13.4. The Hall–Kier alpha value is -2.56. The summed E-state index contributed by atoms with van der Waals surface area (Å²) in [7, 11) is 0. The summed E-state index contributed by atoms with van der Waals surface area (Å²) >= 11 is 0. The molecule has 1 aromatic heterocycles. The third-order valence-electron chi connectivity index (χ3n) is 3.41. The van der Waals surface area contributed by atoms with Crippen LogP contribution < -0.4 is 10.1 Å². The van der Waals surface area contributed by atoms with Gasteiger partial charge in [0.1, 0.15) is 11.5 Å². The number of benzene rings is 1. The molecule has 0 aliphatic rings. The molecule has 1 aromatic carbocycles. The Labute approximate surface area is 135 Å². The number of hydrogen-bond acceptors (Lipinski definition) is 4. The van der Waals surface area contributed by atoms with Gasteiger partial charge in [-0.2, -0.15) is 0 Å². The first-order valence-corrected chi connectivity index (χ1v) is 7.69. The number of carbonyl (C=O) groups is 2. The topological polar surface area (TPSA) is 68.5 Å². The average Bonchev–Trinajstić information content (AvgIpc) is 3.08. The first-order valence-electron chi connectivity index (χ1n) is 7.69. The van der Waals surface area contributed by atoms with E-state index in [-0.39, 0.29) is 30.6 Å². The molecule has 0 bridgehead atoms. The van der Waals surface area contributed by atoms with Gasteiger partial charge in [-0.05, 0) is 50.2 Å². The van der Waals surface area contributed by atoms with Gasteiger partial charge in [-0.15, -0.1) is 0 Å². The lowest BCUT2D eigenvalue weighted by Crippen LogP contribution is -2.26. The van der Waals surface area contributed by atoms with Crippen LogP contribution in [0.2, 0.25) is 0 Å². The molecule has 2 rings (SSSR count). The number of furan rings is 1. The molecule has 2 aromatic rings. The fourth-order valence-corrected chi connectivity index (χ4v) is 2.20. The Morgan fingerprint density at radius 2 is 1.91 bits per heavy atom. The molecule has 0 aliphatic carbocycles. The maximum absolute atomic E-state index is 12.1. The van der Waals surface area contributed by atoms with Gasteiger partial charge in [0.05, 0.1) is 18.9 Å². The van der Waals surface area contributed by atoms with E-state index < -0.39 is 0 Å². The molecular formula is C18H21NO4. The van der Waals surface area contributed by atoms with E-state index in [0.717, 1.165) is 5.75 Å². The van der Waals surface area contributed by atoms with Crippen molar-refractivity contribution in [3.8, 4) is 5.75 Å². The number of ketones is 1. The smallest absolute Gasteiger partial charge is 0.221 e. The number of amides is 1. The SMILES string of the molecule is CCOc1ccc(C(=O)CCC(=O)N[C@H](C)c2ccco2)cc1. The number of ether oxygens (including phenoxy) is 1. The van der Waals surface area contributed by atoms with Crippen LogP contribution >= 0.6 is 0 Å². The lowest BCUT2D eigenvalue weighted by Gasteiger charge is -2.11. The van der Waals surface area contributed by atoms with Crippen LogP contribution in [0.1, 0.15) is 48.8 Å². The predicted octanol–water partition coefficient (Wildman–Crippen LogP) is 3.52. The van der Waals surface area contributed by atoms with Crippen molar-refractivity contribution in [2.45, 2.75) is 32.7 Å². The summed E-state index contributed by atoms with van der Waals surface area (Å²) in [6.07, 6.45) is 1.88. The minimum absolute atomic E-state index is 0.0612. The predicted molar refractivity (Wildman–Crippen MR) is 86.4 cm³/mol. The van der Waals surface area contributed by atoms with E-state index in [9.17, 15) is 9.59 Å². The van der Waals surface area contributed by atoms with Crippen molar-refractivity contribution < 1.29 is 18.7 Å². The highest BCUT2D eigenvalue weighted by Crippen LogP contribution is 2.15. The monoisotopic (exact) mass is 315 g/mol. The number of nitrogens with one attached hydrogen (secondary N) is 1. The van der Waals surface area contributed by atoms with E-state index in [1.54, 1.807) is 42.7 Å². The van der Waals surface area contributed by atoms with Gasteiger partial charge in [0.25, 0.3) is 0 Å². The maximum atomic E-state index is 12.1.